The van der Waals surface area contributed by atoms with Gasteiger partial charge in [-0.25, -0.2) is 4.79 Å². The van der Waals surface area contributed by atoms with E-state index in [1.807, 2.05) is 0 Å². The molecule has 1 rings (SSSR count). The Morgan fingerprint density at radius 1 is 1.53 bits per heavy atom. The van der Waals surface area contributed by atoms with Crippen LogP contribution in [0.3, 0.4) is 0 Å². The maximum atomic E-state index is 11.5. The summed E-state index contributed by atoms with van der Waals surface area (Å²) < 4.78 is 0. The van der Waals surface area contributed by atoms with Crippen molar-refractivity contribution in [2.75, 3.05) is 6.61 Å². The molecule has 0 saturated carbocycles. The number of aliphatic hydroxyl groups is 1. The summed E-state index contributed by atoms with van der Waals surface area (Å²) in [7, 11) is 0. The summed E-state index contributed by atoms with van der Waals surface area (Å²) in [5, 5.41) is 19.5. The van der Waals surface area contributed by atoms with Crippen molar-refractivity contribution >= 4 is 11.9 Å². The molecule has 0 saturated heterocycles. The van der Waals surface area contributed by atoms with E-state index in [0.29, 0.717) is 6.42 Å². The third kappa shape index (κ3) is 3.03. The first-order valence-electron chi connectivity index (χ1n) is 4.62. The highest BCUT2D eigenvalue weighted by Crippen LogP contribution is 2.16. The Labute approximate surface area is 86.8 Å². The molecular weight excluding hydrogens is 200 g/mol. The molecule has 0 aromatic rings. The summed E-state index contributed by atoms with van der Waals surface area (Å²) in [5.41, 5.74) is 5.55. The maximum Gasteiger partial charge on any atom is 0.328 e. The van der Waals surface area contributed by atoms with Crippen molar-refractivity contribution in [2.24, 2.45) is 11.7 Å². The van der Waals surface area contributed by atoms with Gasteiger partial charge in [-0.05, 0) is 6.42 Å². The van der Waals surface area contributed by atoms with E-state index in [9.17, 15) is 9.59 Å². The van der Waals surface area contributed by atoms with Gasteiger partial charge in [-0.1, -0.05) is 12.2 Å². The number of hydrogen-bond donors (Lipinski definition) is 4. The predicted molar refractivity (Wildman–Crippen MR) is 51.9 cm³/mol. The molecule has 5 N–H and O–H groups in total. The fraction of sp³-hybridized carbons (Fsp3) is 0.556. The van der Waals surface area contributed by atoms with Crippen LogP contribution in [0.25, 0.3) is 0 Å². The van der Waals surface area contributed by atoms with Crippen molar-refractivity contribution in [3.8, 4) is 0 Å². The topological polar surface area (TPSA) is 113 Å². The lowest BCUT2D eigenvalue weighted by molar-refractivity contribution is -0.143. The van der Waals surface area contributed by atoms with E-state index in [1.54, 1.807) is 12.2 Å². The van der Waals surface area contributed by atoms with Crippen LogP contribution < -0.4 is 11.1 Å². The van der Waals surface area contributed by atoms with Crippen molar-refractivity contribution in [2.45, 2.75) is 18.5 Å². The lowest BCUT2D eigenvalue weighted by atomic mass is 10.1. The van der Waals surface area contributed by atoms with Crippen molar-refractivity contribution in [1.82, 2.24) is 5.32 Å². The molecule has 3 atom stereocenters. The Kier molecular flexibility index (Phi) is 3.81. The summed E-state index contributed by atoms with van der Waals surface area (Å²) >= 11 is 0. The lowest BCUT2D eigenvalue weighted by Gasteiger charge is -2.14. The van der Waals surface area contributed by atoms with Gasteiger partial charge < -0.3 is 21.3 Å². The highest BCUT2D eigenvalue weighted by molar-refractivity contribution is 5.86. The fourth-order valence-corrected chi connectivity index (χ4v) is 1.39. The highest BCUT2D eigenvalue weighted by atomic mass is 16.4. The van der Waals surface area contributed by atoms with E-state index in [1.165, 1.54) is 0 Å². The Bertz CT molecular complexity index is 290. The number of nitrogens with two attached hydrogens (primary N) is 1. The van der Waals surface area contributed by atoms with E-state index in [0.717, 1.165) is 0 Å². The molecule has 0 aromatic heterocycles. The van der Waals surface area contributed by atoms with Crippen LogP contribution in [0.15, 0.2) is 12.2 Å². The standard InChI is InChI=1S/C9H14N2O4/c10-6-2-1-5(3-6)8(13)11-7(4-12)9(14)15/h1-2,5-7,12H,3-4,10H2,(H,11,13)(H,14,15). The van der Waals surface area contributed by atoms with Gasteiger partial charge in [0.05, 0.1) is 12.5 Å². The largest absolute Gasteiger partial charge is 0.480 e. The molecule has 1 amide bonds. The molecule has 0 aromatic carbocycles. The van der Waals surface area contributed by atoms with Crippen LogP contribution in [-0.4, -0.2) is 40.8 Å². The minimum absolute atomic E-state index is 0.154. The minimum Gasteiger partial charge on any atom is -0.480 e. The molecule has 6 heteroatoms. The van der Waals surface area contributed by atoms with Gasteiger partial charge in [0.2, 0.25) is 5.91 Å². The number of hydrogen-bond acceptors (Lipinski definition) is 4. The third-order valence-corrected chi connectivity index (χ3v) is 2.25. The zero-order valence-corrected chi connectivity index (χ0v) is 8.09. The third-order valence-electron chi connectivity index (χ3n) is 2.25. The quantitative estimate of drug-likeness (QED) is 0.423. The average Bonchev–Trinajstić information content (AvgIpc) is 2.60. The molecule has 0 aliphatic heterocycles. The van der Waals surface area contributed by atoms with Crippen LogP contribution in [-0.2, 0) is 9.59 Å². The Morgan fingerprint density at radius 3 is 2.60 bits per heavy atom. The monoisotopic (exact) mass is 214 g/mol. The number of nitrogens with one attached hydrogen (secondary N) is 1. The number of carboxylic acids is 1. The number of carboxylic acid groups (broad SMARTS) is 1. The minimum atomic E-state index is -1.25. The molecular formula is C9H14N2O4. The van der Waals surface area contributed by atoms with E-state index in [-0.39, 0.29) is 6.04 Å². The number of rotatable bonds is 4. The van der Waals surface area contributed by atoms with Gasteiger partial charge in [0, 0.05) is 6.04 Å². The number of carbonyl (C=O) groups is 2. The van der Waals surface area contributed by atoms with Gasteiger partial charge in [0.25, 0.3) is 0 Å². The lowest BCUT2D eigenvalue weighted by Crippen LogP contribution is -2.45. The second-order valence-corrected chi connectivity index (χ2v) is 3.47. The summed E-state index contributed by atoms with van der Waals surface area (Å²) in [5.74, 6) is -2.06. The smallest absolute Gasteiger partial charge is 0.328 e. The zero-order valence-electron chi connectivity index (χ0n) is 8.09. The molecule has 1 aliphatic rings. The molecule has 0 radical (unpaired) electrons. The molecule has 84 valence electrons. The number of amides is 1. The Hall–Kier alpha value is -1.40. The van der Waals surface area contributed by atoms with Gasteiger partial charge in [-0.15, -0.1) is 0 Å². The van der Waals surface area contributed by atoms with Crippen LogP contribution in [0.5, 0.6) is 0 Å². The van der Waals surface area contributed by atoms with Crippen LogP contribution in [0.1, 0.15) is 6.42 Å². The molecule has 0 bridgehead atoms. The zero-order chi connectivity index (χ0) is 11.4. The second-order valence-electron chi connectivity index (χ2n) is 3.47. The van der Waals surface area contributed by atoms with Crippen LogP contribution in [0.2, 0.25) is 0 Å². The van der Waals surface area contributed by atoms with Gasteiger partial charge >= 0.3 is 5.97 Å². The van der Waals surface area contributed by atoms with Crippen molar-refractivity contribution in [1.29, 1.82) is 0 Å². The molecule has 0 fully saturated rings. The van der Waals surface area contributed by atoms with Crippen LogP contribution in [0, 0.1) is 5.92 Å². The average molecular weight is 214 g/mol. The van der Waals surface area contributed by atoms with Gasteiger partial charge in [0.15, 0.2) is 0 Å². The van der Waals surface area contributed by atoms with Crippen LogP contribution >= 0.6 is 0 Å². The molecule has 3 unspecified atom stereocenters. The van der Waals surface area contributed by atoms with E-state index in [2.05, 4.69) is 5.32 Å². The fourth-order valence-electron chi connectivity index (χ4n) is 1.39. The van der Waals surface area contributed by atoms with E-state index in [4.69, 9.17) is 15.9 Å². The van der Waals surface area contributed by atoms with Crippen molar-refractivity contribution in [3.05, 3.63) is 12.2 Å². The van der Waals surface area contributed by atoms with Gasteiger partial charge in [0.1, 0.15) is 6.04 Å². The molecule has 6 nitrogen and oxygen atoms in total. The molecule has 0 spiro atoms. The first-order chi connectivity index (χ1) is 7.04. The molecule has 0 heterocycles. The van der Waals surface area contributed by atoms with Gasteiger partial charge in [-0.3, -0.25) is 4.79 Å². The van der Waals surface area contributed by atoms with E-state index < -0.39 is 30.4 Å². The van der Waals surface area contributed by atoms with Crippen molar-refractivity contribution < 1.29 is 19.8 Å². The number of aliphatic hydroxyl groups excluding tert-OH is 1. The van der Waals surface area contributed by atoms with E-state index >= 15 is 0 Å². The van der Waals surface area contributed by atoms with Crippen LogP contribution in [0.4, 0.5) is 0 Å². The first kappa shape index (κ1) is 11.7. The van der Waals surface area contributed by atoms with Crippen molar-refractivity contribution in [3.63, 3.8) is 0 Å². The Morgan fingerprint density at radius 2 is 2.20 bits per heavy atom. The second kappa shape index (κ2) is 4.90. The molecule has 15 heavy (non-hydrogen) atoms. The summed E-state index contributed by atoms with van der Waals surface area (Å²) in [4.78, 5) is 22.0. The first-order valence-corrected chi connectivity index (χ1v) is 4.62. The summed E-state index contributed by atoms with van der Waals surface area (Å²) in [6, 6.07) is -1.40. The Balaban J connectivity index is 2.48. The normalized spacial score (nSPS) is 26.3. The van der Waals surface area contributed by atoms with Gasteiger partial charge in [-0.2, -0.15) is 0 Å². The molecule has 1 aliphatic carbocycles. The summed E-state index contributed by atoms with van der Waals surface area (Å²) in [6.45, 7) is -0.621. The maximum absolute atomic E-state index is 11.5. The SMILES string of the molecule is NC1C=CC(C(=O)NC(CO)C(=O)O)C1. The highest BCUT2D eigenvalue weighted by Gasteiger charge is 2.26. The number of aliphatic carboxylic acids is 1. The summed E-state index contributed by atoms with van der Waals surface area (Å²) in [6.07, 6.45) is 3.83. The predicted octanol–water partition coefficient (Wildman–Crippen LogP) is -1.55. The number of carbonyl (C=O) groups excluding carboxylic acids is 1.